The van der Waals surface area contributed by atoms with Crippen molar-refractivity contribution >= 4 is 0 Å². The second-order valence-electron chi connectivity index (χ2n) is 2.92. The normalized spacial score (nSPS) is 21.7. The number of aliphatic hydroxyl groups excluding tert-OH is 1. The van der Waals surface area contributed by atoms with Gasteiger partial charge in [-0.3, -0.25) is 0 Å². The highest BCUT2D eigenvalue weighted by atomic mass is 16.8. The quantitative estimate of drug-likeness (QED) is 0.622. The van der Waals surface area contributed by atoms with E-state index in [4.69, 9.17) is 14.2 Å². The van der Waals surface area contributed by atoms with E-state index >= 15 is 0 Å². The first-order valence-electron chi connectivity index (χ1n) is 4.52. The van der Waals surface area contributed by atoms with Crippen LogP contribution in [0.4, 0.5) is 0 Å². The van der Waals surface area contributed by atoms with E-state index in [0.29, 0.717) is 13.1 Å². The molecule has 0 aromatic heterocycles. The lowest BCUT2D eigenvalue weighted by Crippen LogP contribution is -2.38. The monoisotopic (exact) mass is 191 g/mol. The van der Waals surface area contributed by atoms with E-state index in [1.807, 2.05) is 6.92 Å². The molecule has 0 spiro atoms. The average Bonchev–Trinajstić information content (AvgIpc) is 2.19. The van der Waals surface area contributed by atoms with E-state index in [1.54, 1.807) is 0 Å². The summed E-state index contributed by atoms with van der Waals surface area (Å²) in [4.78, 5) is 0. The van der Waals surface area contributed by atoms with Crippen molar-refractivity contribution in [2.75, 3.05) is 26.7 Å². The second-order valence-corrected chi connectivity index (χ2v) is 2.92. The minimum absolute atomic E-state index is 0.252. The molecule has 78 valence electrons. The highest BCUT2D eigenvalue weighted by molar-refractivity contribution is 4.58. The molecular formula is C8H17NO4. The lowest BCUT2D eigenvalue weighted by atomic mass is 10.3. The van der Waals surface area contributed by atoms with Gasteiger partial charge in [0.1, 0.15) is 0 Å². The minimum atomic E-state index is -0.292. The Morgan fingerprint density at radius 2 is 2.15 bits per heavy atom. The van der Waals surface area contributed by atoms with Gasteiger partial charge in [0.25, 0.3) is 0 Å². The van der Waals surface area contributed by atoms with Crippen LogP contribution in [0.2, 0.25) is 0 Å². The van der Waals surface area contributed by atoms with Gasteiger partial charge in [0.2, 0.25) is 0 Å². The van der Waals surface area contributed by atoms with E-state index in [9.17, 15) is 5.11 Å². The van der Waals surface area contributed by atoms with Crippen LogP contribution in [0.5, 0.6) is 0 Å². The van der Waals surface area contributed by atoms with Gasteiger partial charge in [-0.2, -0.15) is 0 Å². The first kappa shape index (κ1) is 10.9. The summed E-state index contributed by atoms with van der Waals surface area (Å²) in [6.45, 7) is 3.65. The largest absolute Gasteiger partial charge is 0.392 e. The third kappa shape index (κ3) is 4.54. The Balaban J connectivity index is 1.98. The van der Waals surface area contributed by atoms with Crippen molar-refractivity contribution in [1.29, 1.82) is 0 Å². The molecule has 0 aliphatic carbocycles. The number of rotatable bonds is 5. The number of aliphatic hydroxyl groups is 1. The number of hydrogen-bond acceptors (Lipinski definition) is 5. The highest BCUT2D eigenvalue weighted by Crippen LogP contribution is 2.00. The molecule has 5 heteroatoms. The fraction of sp³-hybridized carbons (Fsp3) is 1.00. The Morgan fingerprint density at radius 1 is 1.46 bits per heavy atom. The van der Waals surface area contributed by atoms with Crippen LogP contribution in [0.15, 0.2) is 0 Å². The van der Waals surface area contributed by atoms with Gasteiger partial charge < -0.3 is 24.6 Å². The molecule has 2 N–H and O–H groups in total. The molecule has 1 rings (SSSR count). The van der Waals surface area contributed by atoms with Gasteiger partial charge in [-0.15, -0.1) is 0 Å². The van der Waals surface area contributed by atoms with Gasteiger partial charge >= 0.3 is 0 Å². The summed E-state index contributed by atoms with van der Waals surface area (Å²) < 4.78 is 15.0. The van der Waals surface area contributed by atoms with Gasteiger partial charge in [0, 0.05) is 13.1 Å². The average molecular weight is 191 g/mol. The summed E-state index contributed by atoms with van der Waals surface area (Å²) in [6, 6.07) is 0. The summed E-state index contributed by atoms with van der Waals surface area (Å²) in [5.41, 5.74) is 0. The Morgan fingerprint density at radius 3 is 2.77 bits per heavy atom. The van der Waals surface area contributed by atoms with Crippen molar-refractivity contribution in [3.8, 4) is 0 Å². The Hall–Kier alpha value is -0.200. The van der Waals surface area contributed by atoms with Gasteiger partial charge in [-0.25, -0.2) is 0 Å². The molecule has 1 saturated heterocycles. The van der Waals surface area contributed by atoms with E-state index in [0.717, 1.165) is 6.42 Å². The molecule has 13 heavy (non-hydrogen) atoms. The number of nitrogens with one attached hydrogen (secondary N) is 1. The van der Waals surface area contributed by atoms with E-state index in [2.05, 4.69) is 5.32 Å². The van der Waals surface area contributed by atoms with Crippen LogP contribution in [0, 0.1) is 0 Å². The predicted molar refractivity (Wildman–Crippen MR) is 45.9 cm³/mol. The predicted octanol–water partition coefficient (Wildman–Crippen LogP) is -0.349. The van der Waals surface area contributed by atoms with Crippen LogP contribution < -0.4 is 5.32 Å². The summed E-state index contributed by atoms with van der Waals surface area (Å²) in [5, 5.41) is 12.3. The molecule has 1 atom stereocenters. The fourth-order valence-electron chi connectivity index (χ4n) is 0.960. The van der Waals surface area contributed by atoms with Gasteiger partial charge in [-0.05, 0) is 6.42 Å². The molecule has 0 saturated carbocycles. The van der Waals surface area contributed by atoms with Gasteiger partial charge in [-0.1, -0.05) is 6.92 Å². The van der Waals surface area contributed by atoms with Crippen molar-refractivity contribution in [3.63, 3.8) is 0 Å². The maximum absolute atomic E-state index is 9.22. The molecule has 1 aliphatic rings. The smallest absolute Gasteiger partial charge is 0.175 e. The van der Waals surface area contributed by atoms with Crippen LogP contribution in [0.1, 0.15) is 13.3 Å². The zero-order valence-electron chi connectivity index (χ0n) is 7.86. The third-order valence-corrected chi connectivity index (χ3v) is 1.84. The molecular weight excluding hydrogens is 174 g/mol. The van der Waals surface area contributed by atoms with Crippen LogP contribution in [0.3, 0.4) is 0 Å². The van der Waals surface area contributed by atoms with Crippen molar-refractivity contribution in [3.05, 3.63) is 0 Å². The highest BCUT2D eigenvalue weighted by Gasteiger charge is 2.13. The third-order valence-electron chi connectivity index (χ3n) is 1.84. The van der Waals surface area contributed by atoms with Crippen molar-refractivity contribution in [1.82, 2.24) is 5.32 Å². The molecule has 5 nitrogen and oxygen atoms in total. The maximum atomic E-state index is 9.22. The zero-order valence-corrected chi connectivity index (χ0v) is 7.86. The molecule has 0 amide bonds. The lowest BCUT2D eigenvalue weighted by Gasteiger charge is -2.23. The maximum Gasteiger partial charge on any atom is 0.175 e. The van der Waals surface area contributed by atoms with Gasteiger partial charge in [0.05, 0.1) is 6.10 Å². The van der Waals surface area contributed by atoms with E-state index in [-0.39, 0.29) is 26.0 Å². The molecule has 0 aromatic rings. The van der Waals surface area contributed by atoms with Crippen LogP contribution in [0.25, 0.3) is 0 Å². The summed E-state index contributed by atoms with van der Waals surface area (Å²) in [7, 11) is 0. The van der Waals surface area contributed by atoms with Crippen molar-refractivity contribution < 1.29 is 19.3 Å². The van der Waals surface area contributed by atoms with Crippen LogP contribution in [-0.4, -0.2) is 44.2 Å². The molecule has 1 aliphatic heterocycles. The fourth-order valence-corrected chi connectivity index (χ4v) is 0.960. The summed E-state index contributed by atoms with van der Waals surface area (Å²) in [5.74, 6) is 0. The topological polar surface area (TPSA) is 60.0 Å². The van der Waals surface area contributed by atoms with Crippen molar-refractivity contribution in [2.45, 2.75) is 25.7 Å². The van der Waals surface area contributed by atoms with E-state index < -0.39 is 0 Å². The van der Waals surface area contributed by atoms with E-state index in [1.165, 1.54) is 0 Å². The molecule has 1 unspecified atom stereocenters. The molecule has 1 fully saturated rings. The molecule has 0 radical (unpaired) electrons. The lowest BCUT2D eigenvalue weighted by molar-refractivity contribution is -0.296. The van der Waals surface area contributed by atoms with Gasteiger partial charge in [0.15, 0.2) is 19.9 Å². The second kappa shape index (κ2) is 6.28. The zero-order chi connectivity index (χ0) is 9.52. The standard InChI is InChI=1S/C8H17NO4/c1-2-7(10)3-9-4-8-12-5-11-6-13-8/h7-10H,2-6H2,1H3. The van der Waals surface area contributed by atoms with Crippen LogP contribution >= 0.6 is 0 Å². The van der Waals surface area contributed by atoms with Crippen molar-refractivity contribution in [2.24, 2.45) is 0 Å². The Bertz CT molecular complexity index is 127. The molecule has 0 bridgehead atoms. The molecule has 1 heterocycles. The summed E-state index contributed by atoms with van der Waals surface area (Å²) >= 11 is 0. The minimum Gasteiger partial charge on any atom is -0.392 e. The number of hydrogen-bond donors (Lipinski definition) is 2. The Kier molecular flexibility index (Phi) is 5.26. The first-order chi connectivity index (χ1) is 6.33. The SMILES string of the molecule is CCC(O)CNCC1OCOCO1. The first-order valence-corrected chi connectivity index (χ1v) is 4.52. The molecule has 0 aromatic carbocycles. The summed E-state index contributed by atoms with van der Waals surface area (Å²) in [6.07, 6.45) is 0.209. The number of ether oxygens (including phenoxy) is 3. The Labute approximate surface area is 78.0 Å². The van der Waals surface area contributed by atoms with Crippen LogP contribution in [-0.2, 0) is 14.2 Å².